The fraction of sp³-hybridized carbons (Fsp3) is 0.517. The fourth-order valence-corrected chi connectivity index (χ4v) is 13.4. The number of carbonyl (C=O) groups is 2. The van der Waals surface area contributed by atoms with E-state index in [-0.39, 0.29) is 85.0 Å². The molecule has 2 amide bonds. The first-order valence-electron chi connectivity index (χ1n) is 27.9. The van der Waals surface area contributed by atoms with E-state index in [1.807, 2.05) is 64.2 Å². The largest absolute Gasteiger partial charge is 0.507 e. The highest BCUT2D eigenvalue weighted by Gasteiger charge is 2.45. The Morgan fingerprint density at radius 3 is 2.34 bits per heavy atom. The molecular formula is C58H72N12O8S. The third-order valence-electron chi connectivity index (χ3n) is 16.7. The van der Waals surface area contributed by atoms with Crippen molar-refractivity contribution in [2.24, 2.45) is 5.92 Å². The van der Waals surface area contributed by atoms with Gasteiger partial charge in [-0.1, -0.05) is 32.0 Å². The van der Waals surface area contributed by atoms with Gasteiger partial charge in [0.25, 0.3) is 5.88 Å². The number of fused-ring (bicyclic) bond motifs is 2. The Balaban J connectivity index is 0.620. The summed E-state index contributed by atoms with van der Waals surface area (Å²) in [5, 5.41) is 37.0. The normalized spacial score (nSPS) is 25.8. The second kappa shape index (κ2) is 23.0. The van der Waals surface area contributed by atoms with Crippen LogP contribution in [0.2, 0.25) is 0 Å². The van der Waals surface area contributed by atoms with Crippen molar-refractivity contribution >= 4 is 40.3 Å². The van der Waals surface area contributed by atoms with E-state index in [9.17, 15) is 19.8 Å². The number of hydrogen-bond acceptors (Lipinski definition) is 19. The van der Waals surface area contributed by atoms with Crippen LogP contribution < -0.4 is 30.3 Å². The summed E-state index contributed by atoms with van der Waals surface area (Å²) < 4.78 is 25.1. The number of para-hydroxylation sites is 1. The summed E-state index contributed by atoms with van der Waals surface area (Å²) in [5.74, 6) is 0.231. The number of β-amino-alcohol motifs (C(OH)–C–C–N with tert-alkyl or cyclic N) is 1. The van der Waals surface area contributed by atoms with Crippen LogP contribution in [0.15, 0.2) is 83.1 Å². The minimum Gasteiger partial charge on any atom is -0.507 e. The van der Waals surface area contributed by atoms with Crippen molar-refractivity contribution < 1.29 is 38.5 Å². The van der Waals surface area contributed by atoms with Crippen molar-refractivity contribution in [2.75, 3.05) is 48.3 Å². The molecule has 418 valence electrons. The number of thiazole rings is 1. The highest BCUT2D eigenvalue weighted by Crippen LogP contribution is 2.41. The van der Waals surface area contributed by atoms with E-state index in [0.29, 0.717) is 47.7 Å². The first kappa shape index (κ1) is 54.0. The average molecular weight is 1100 g/mol. The van der Waals surface area contributed by atoms with E-state index in [1.54, 1.807) is 29.9 Å². The molecule has 2 bridgehead atoms. The van der Waals surface area contributed by atoms with Crippen molar-refractivity contribution in [2.45, 2.75) is 153 Å². The number of phenolic OH excluding ortho intramolecular Hbond substituents is 1. The number of aliphatic hydroxyl groups excluding tert-OH is 1. The molecule has 11 rings (SSSR count). The number of rotatable bonds is 18. The van der Waals surface area contributed by atoms with Gasteiger partial charge in [-0.05, 0) is 100 Å². The topological polar surface area (TPSA) is 244 Å². The van der Waals surface area contributed by atoms with Crippen LogP contribution >= 0.6 is 11.3 Å². The number of nitrogens with zero attached hydrogens (tertiary/aromatic N) is 10. The molecule has 79 heavy (non-hydrogen) atoms. The lowest BCUT2D eigenvalue weighted by Crippen LogP contribution is -2.54. The maximum absolute atomic E-state index is 14.3. The van der Waals surface area contributed by atoms with Crippen LogP contribution in [0.25, 0.3) is 21.8 Å². The quantitative estimate of drug-likeness (QED) is 0.0658. The number of benzene rings is 1. The number of aromatic nitrogens is 6. The zero-order chi connectivity index (χ0) is 55.1. The standard InChI is InChI=1S/C58H72N12O8S/c1-32(2)54(58(74)69-30-41(71)22-49(69)57(73)63-35(5)37-11-14-46(61-27-37)55-36(6)62-31-79-55)51-26-53(66-78-51)75-18-17-68-33(3)19-42(20-34(68)4)76-43-23-44(24-43)77-52-21-38(15-16-60-52)70-39-12-13-40(70)29-67(28-39)48-25-47(64-65-56(48)59)45-9-7-8-10-50(45)72/h7-11,14-16,21,25-27,31-35,39-44,49,54,71-72H,12-13,17-20,22-24,28-30H2,1-6H3,(H2,59,65)(H,63,73)/t33-,34+,35-,39?,40?,41+,42?,43?,44?,49-,54+/m0/s1. The van der Waals surface area contributed by atoms with Gasteiger partial charge >= 0.3 is 0 Å². The number of aromatic hydroxyl groups is 1. The van der Waals surface area contributed by atoms with Gasteiger partial charge in [-0.25, -0.2) is 9.97 Å². The molecule has 0 radical (unpaired) electrons. The lowest BCUT2D eigenvalue weighted by atomic mass is 9.90. The van der Waals surface area contributed by atoms with Crippen LogP contribution in [0.4, 0.5) is 17.2 Å². The molecule has 5 N–H and O–H groups in total. The van der Waals surface area contributed by atoms with Crippen molar-refractivity contribution in [1.82, 2.24) is 45.4 Å². The number of nitrogens with one attached hydrogen (secondary N) is 1. The maximum atomic E-state index is 14.3. The minimum atomic E-state index is -0.855. The summed E-state index contributed by atoms with van der Waals surface area (Å²) in [6, 6.07) is 18.6. The third-order valence-corrected chi connectivity index (χ3v) is 17.7. The number of anilines is 3. The van der Waals surface area contributed by atoms with Gasteiger partial charge in [-0.2, -0.15) is 0 Å². The summed E-state index contributed by atoms with van der Waals surface area (Å²) >= 11 is 1.53. The SMILES string of the molecule is Cc1ncsc1-c1ccc([C@H](C)NC(=O)[C@@H]2C[C@@H](O)CN2C(=O)[C@@H](c2cc(OCCN3[C@H](C)CC(OC4CC(Oc5cc(N6C7CCC6CN(c6cc(-c8ccccc8O)nnc6N)C7)ccn5)C4)C[C@@H]3C)no2)C(C)C)cn1. The van der Waals surface area contributed by atoms with Gasteiger partial charge < -0.3 is 54.7 Å². The van der Waals surface area contributed by atoms with E-state index in [4.69, 9.17) is 24.5 Å². The van der Waals surface area contributed by atoms with Crippen LogP contribution in [0.5, 0.6) is 17.5 Å². The Morgan fingerprint density at radius 1 is 0.873 bits per heavy atom. The van der Waals surface area contributed by atoms with Crippen LogP contribution in [0, 0.1) is 12.8 Å². The molecule has 9 atom stereocenters. The molecule has 4 aliphatic heterocycles. The number of likely N-dealkylation sites (tertiary alicyclic amines) is 2. The second-order valence-electron chi connectivity index (χ2n) is 22.6. The van der Waals surface area contributed by atoms with E-state index in [1.165, 1.54) is 16.2 Å². The summed E-state index contributed by atoms with van der Waals surface area (Å²) in [7, 11) is 0. The predicted molar refractivity (Wildman–Crippen MR) is 299 cm³/mol. The van der Waals surface area contributed by atoms with Crippen molar-refractivity contribution in [3.05, 3.63) is 95.6 Å². The lowest BCUT2D eigenvalue weighted by Gasteiger charge is -2.45. The van der Waals surface area contributed by atoms with Crippen molar-refractivity contribution in [1.29, 1.82) is 0 Å². The Hall–Kier alpha value is -6.94. The van der Waals surface area contributed by atoms with E-state index in [0.717, 1.165) is 84.8 Å². The van der Waals surface area contributed by atoms with E-state index >= 15 is 0 Å². The van der Waals surface area contributed by atoms with E-state index < -0.39 is 18.1 Å². The lowest BCUT2D eigenvalue weighted by molar-refractivity contribution is -0.141. The predicted octanol–water partition coefficient (Wildman–Crippen LogP) is 7.32. The highest BCUT2D eigenvalue weighted by atomic mass is 32.1. The molecule has 20 nitrogen and oxygen atoms in total. The molecule has 5 aromatic heterocycles. The number of amides is 2. The smallest absolute Gasteiger partial charge is 0.254 e. The van der Waals surface area contributed by atoms with Crippen LogP contribution in [0.3, 0.4) is 0 Å². The maximum Gasteiger partial charge on any atom is 0.254 e. The van der Waals surface area contributed by atoms with Gasteiger partial charge in [0.1, 0.15) is 30.4 Å². The first-order valence-corrected chi connectivity index (χ1v) is 28.7. The molecular weight excluding hydrogens is 1020 g/mol. The van der Waals surface area contributed by atoms with Crippen LogP contribution in [-0.2, 0) is 14.3 Å². The van der Waals surface area contributed by atoms with Crippen LogP contribution in [0.1, 0.15) is 109 Å². The molecule has 1 aliphatic carbocycles. The molecule has 6 aromatic rings. The van der Waals surface area contributed by atoms with Crippen LogP contribution in [-0.4, -0.2) is 150 Å². The molecule has 3 unspecified atom stereocenters. The van der Waals surface area contributed by atoms with E-state index in [2.05, 4.69) is 76.3 Å². The Labute approximate surface area is 464 Å². The Kier molecular flexibility index (Phi) is 15.8. The molecule has 4 saturated heterocycles. The molecule has 1 saturated carbocycles. The minimum absolute atomic E-state index is 0.0369. The zero-order valence-electron chi connectivity index (χ0n) is 45.7. The van der Waals surface area contributed by atoms with Crippen molar-refractivity contribution in [3.63, 3.8) is 0 Å². The first-order chi connectivity index (χ1) is 38.1. The zero-order valence-corrected chi connectivity index (χ0v) is 46.5. The van der Waals surface area contributed by atoms with Gasteiger partial charge in [0.05, 0.1) is 57.5 Å². The number of aryl methyl sites for hydroxylation is 1. The van der Waals surface area contributed by atoms with Gasteiger partial charge in [-0.15, -0.1) is 21.5 Å². The Bertz CT molecular complexity index is 3070. The molecule has 0 spiro atoms. The number of phenols is 1. The summed E-state index contributed by atoms with van der Waals surface area (Å²) in [6.45, 7) is 14.8. The molecule has 5 fully saturated rings. The number of piperazine rings is 1. The third kappa shape index (κ3) is 11.6. The van der Waals surface area contributed by atoms with Crippen molar-refractivity contribution in [3.8, 4) is 39.3 Å². The molecule has 9 heterocycles. The number of piperidine rings is 1. The molecule has 1 aromatic carbocycles. The fourth-order valence-electron chi connectivity index (χ4n) is 12.6. The molecule has 21 heteroatoms. The number of nitrogens with two attached hydrogens (primary N) is 1. The number of pyridine rings is 2. The number of ether oxygens (including phenoxy) is 3. The summed E-state index contributed by atoms with van der Waals surface area (Å²) in [6.07, 6.45) is 8.76. The number of carbonyl (C=O) groups excluding carboxylic acids is 2. The second-order valence-corrected chi connectivity index (χ2v) is 23.4. The molecule has 5 aliphatic rings. The summed E-state index contributed by atoms with van der Waals surface area (Å²) in [5.41, 5.74) is 13.9. The monoisotopic (exact) mass is 1100 g/mol. The number of nitrogen functional groups attached to an aromatic ring is 1. The highest BCUT2D eigenvalue weighted by molar-refractivity contribution is 7.13. The van der Waals surface area contributed by atoms with Gasteiger partial charge in [0.15, 0.2) is 11.6 Å². The Morgan fingerprint density at radius 2 is 1.63 bits per heavy atom. The number of hydrogen-bond donors (Lipinski definition) is 4. The van der Waals surface area contributed by atoms with Gasteiger partial charge in [0, 0.05) is 105 Å². The van der Waals surface area contributed by atoms with Gasteiger partial charge in [0.2, 0.25) is 17.7 Å². The summed E-state index contributed by atoms with van der Waals surface area (Å²) in [4.78, 5) is 51.4. The average Bonchev–Trinajstić information content (AvgIpc) is 4.27. The van der Waals surface area contributed by atoms with Gasteiger partial charge in [-0.3, -0.25) is 19.5 Å². The number of aliphatic hydroxyl groups is 1.